The minimum atomic E-state index is -0.594. The predicted molar refractivity (Wildman–Crippen MR) is 76.3 cm³/mol. The molecular weight excluding hydrogens is 279 g/mol. The number of aryl methyl sites for hydroxylation is 1. The van der Waals surface area contributed by atoms with Crippen LogP contribution in [0.15, 0.2) is 24.3 Å². The van der Waals surface area contributed by atoms with E-state index in [-0.39, 0.29) is 18.3 Å². The van der Waals surface area contributed by atoms with Gasteiger partial charge in [0.15, 0.2) is 0 Å². The van der Waals surface area contributed by atoms with Gasteiger partial charge in [0, 0.05) is 12.1 Å². The van der Waals surface area contributed by atoms with E-state index in [9.17, 15) is 9.18 Å². The number of carbonyl (C=O) groups is 1. The van der Waals surface area contributed by atoms with Gasteiger partial charge in [-0.2, -0.15) is 0 Å². The molecule has 0 fully saturated rings. The number of halogens is 1. The maximum absolute atomic E-state index is 12.9. The number of aliphatic hydroxyl groups excluding tert-OH is 1. The third-order valence-electron chi connectivity index (χ3n) is 2.65. The molecule has 20 heavy (non-hydrogen) atoms. The highest BCUT2D eigenvalue weighted by atomic mass is 32.1. The SMILES string of the molecule is Cc1nc(-c2ccc(F)cc2)sc1C(=O)NCC(C)O. The number of hydrogen-bond donors (Lipinski definition) is 2. The normalized spacial score (nSPS) is 12.2. The van der Waals surface area contributed by atoms with Gasteiger partial charge in [0.05, 0.1) is 11.8 Å². The quantitative estimate of drug-likeness (QED) is 0.910. The molecule has 4 nitrogen and oxygen atoms in total. The van der Waals surface area contributed by atoms with Crippen molar-refractivity contribution in [2.24, 2.45) is 0 Å². The van der Waals surface area contributed by atoms with E-state index in [1.54, 1.807) is 26.0 Å². The van der Waals surface area contributed by atoms with E-state index in [1.807, 2.05) is 0 Å². The molecular formula is C14H15FN2O2S. The molecule has 0 saturated heterocycles. The second-order valence-electron chi connectivity index (χ2n) is 4.50. The second-order valence-corrected chi connectivity index (χ2v) is 5.50. The van der Waals surface area contributed by atoms with Gasteiger partial charge in [0.25, 0.3) is 5.91 Å². The molecule has 0 aliphatic carbocycles. The zero-order valence-electron chi connectivity index (χ0n) is 11.2. The third-order valence-corrected chi connectivity index (χ3v) is 3.86. The fraction of sp³-hybridized carbons (Fsp3) is 0.286. The van der Waals surface area contributed by atoms with E-state index in [0.29, 0.717) is 15.6 Å². The van der Waals surface area contributed by atoms with E-state index < -0.39 is 6.10 Å². The Morgan fingerprint density at radius 2 is 2.10 bits per heavy atom. The van der Waals surface area contributed by atoms with Crippen molar-refractivity contribution in [3.63, 3.8) is 0 Å². The molecule has 106 valence electrons. The average molecular weight is 294 g/mol. The van der Waals surface area contributed by atoms with Crippen LogP contribution >= 0.6 is 11.3 Å². The summed E-state index contributed by atoms with van der Waals surface area (Å²) in [6.45, 7) is 3.55. The van der Waals surface area contributed by atoms with Crippen LogP contribution in [-0.2, 0) is 0 Å². The minimum Gasteiger partial charge on any atom is -0.392 e. The smallest absolute Gasteiger partial charge is 0.263 e. The van der Waals surface area contributed by atoms with E-state index in [4.69, 9.17) is 5.11 Å². The van der Waals surface area contributed by atoms with Crippen molar-refractivity contribution >= 4 is 17.2 Å². The van der Waals surface area contributed by atoms with Crippen molar-refractivity contribution in [2.45, 2.75) is 20.0 Å². The lowest BCUT2D eigenvalue weighted by Gasteiger charge is -2.05. The topological polar surface area (TPSA) is 62.2 Å². The van der Waals surface area contributed by atoms with Crippen LogP contribution in [0, 0.1) is 12.7 Å². The number of nitrogens with one attached hydrogen (secondary N) is 1. The maximum atomic E-state index is 12.9. The Bertz CT molecular complexity index is 608. The van der Waals surface area contributed by atoms with Gasteiger partial charge in [-0.1, -0.05) is 0 Å². The lowest BCUT2D eigenvalue weighted by atomic mass is 10.2. The summed E-state index contributed by atoms with van der Waals surface area (Å²) < 4.78 is 12.9. The van der Waals surface area contributed by atoms with Gasteiger partial charge >= 0.3 is 0 Å². The Kier molecular flexibility index (Phi) is 4.46. The third kappa shape index (κ3) is 3.40. The number of aromatic nitrogens is 1. The molecule has 0 radical (unpaired) electrons. The Morgan fingerprint density at radius 1 is 1.45 bits per heavy atom. The van der Waals surface area contributed by atoms with E-state index in [2.05, 4.69) is 10.3 Å². The largest absolute Gasteiger partial charge is 0.392 e. The number of amides is 1. The first-order chi connectivity index (χ1) is 9.47. The van der Waals surface area contributed by atoms with E-state index >= 15 is 0 Å². The van der Waals surface area contributed by atoms with Gasteiger partial charge in [0.2, 0.25) is 0 Å². The van der Waals surface area contributed by atoms with Gasteiger partial charge < -0.3 is 10.4 Å². The highest BCUT2D eigenvalue weighted by Gasteiger charge is 2.16. The van der Waals surface area contributed by atoms with Gasteiger partial charge in [-0.15, -0.1) is 11.3 Å². The monoisotopic (exact) mass is 294 g/mol. The number of thiazole rings is 1. The Labute approximate surface area is 120 Å². The van der Waals surface area contributed by atoms with Crippen LogP contribution in [0.5, 0.6) is 0 Å². The maximum Gasteiger partial charge on any atom is 0.263 e. The molecule has 1 amide bonds. The van der Waals surface area contributed by atoms with Gasteiger partial charge in [-0.3, -0.25) is 4.79 Å². The number of carbonyl (C=O) groups excluding carboxylic acids is 1. The Morgan fingerprint density at radius 3 is 2.70 bits per heavy atom. The fourth-order valence-corrected chi connectivity index (χ4v) is 2.63. The number of hydrogen-bond acceptors (Lipinski definition) is 4. The lowest BCUT2D eigenvalue weighted by Crippen LogP contribution is -2.30. The van der Waals surface area contributed by atoms with Gasteiger partial charge in [-0.05, 0) is 38.1 Å². The first kappa shape index (κ1) is 14.6. The number of rotatable bonds is 4. The summed E-state index contributed by atoms with van der Waals surface area (Å²) in [5.74, 6) is -0.564. The molecule has 0 saturated carbocycles. The molecule has 2 N–H and O–H groups in total. The summed E-state index contributed by atoms with van der Waals surface area (Å²) >= 11 is 1.25. The Balaban J connectivity index is 2.21. The van der Waals surface area contributed by atoms with Crippen LogP contribution < -0.4 is 5.32 Å². The van der Waals surface area contributed by atoms with E-state index in [1.165, 1.54) is 23.5 Å². The van der Waals surface area contributed by atoms with Crippen LogP contribution in [0.1, 0.15) is 22.3 Å². The van der Waals surface area contributed by atoms with Crippen molar-refractivity contribution in [1.29, 1.82) is 0 Å². The summed E-state index contributed by atoms with van der Waals surface area (Å²) in [5, 5.41) is 12.5. The highest BCUT2D eigenvalue weighted by molar-refractivity contribution is 7.17. The van der Waals surface area contributed by atoms with Gasteiger partial charge in [-0.25, -0.2) is 9.37 Å². The molecule has 1 atom stereocenters. The van der Waals surface area contributed by atoms with Crippen LogP contribution in [-0.4, -0.2) is 28.6 Å². The summed E-state index contributed by atoms with van der Waals surface area (Å²) in [5.41, 5.74) is 1.39. The molecule has 1 aromatic carbocycles. The number of nitrogens with zero attached hydrogens (tertiary/aromatic N) is 1. The standard InChI is InChI=1S/C14H15FN2O2S/c1-8(18)7-16-13(19)12-9(2)17-14(20-12)10-3-5-11(15)6-4-10/h3-6,8,18H,7H2,1-2H3,(H,16,19). The average Bonchev–Trinajstić information content (AvgIpc) is 2.79. The molecule has 1 aromatic heterocycles. The summed E-state index contributed by atoms with van der Waals surface area (Å²) in [6.07, 6.45) is -0.594. The second kappa shape index (κ2) is 6.11. The van der Waals surface area contributed by atoms with Crippen LogP contribution in [0.4, 0.5) is 4.39 Å². The van der Waals surface area contributed by atoms with Crippen molar-refractivity contribution in [2.75, 3.05) is 6.54 Å². The number of benzene rings is 1. The van der Waals surface area contributed by atoms with Crippen molar-refractivity contribution < 1.29 is 14.3 Å². The van der Waals surface area contributed by atoms with Crippen molar-refractivity contribution in [3.8, 4) is 10.6 Å². The molecule has 0 bridgehead atoms. The first-order valence-electron chi connectivity index (χ1n) is 6.17. The summed E-state index contributed by atoms with van der Waals surface area (Å²) in [4.78, 5) is 16.8. The van der Waals surface area contributed by atoms with Crippen LogP contribution in [0.3, 0.4) is 0 Å². The van der Waals surface area contributed by atoms with Crippen molar-refractivity contribution in [1.82, 2.24) is 10.3 Å². The highest BCUT2D eigenvalue weighted by Crippen LogP contribution is 2.27. The minimum absolute atomic E-state index is 0.196. The molecule has 0 spiro atoms. The van der Waals surface area contributed by atoms with Crippen LogP contribution in [0.25, 0.3) is 10.6 Å². The zero-order valence-corrected chi connectivity index (χ0v) is 12.0. The first-order valence-corrected chi connectivity index (χ1v) is 6.98. The molecule has 1 heterocycles. The lowest BCUT2D eigenvalue weighted by molar-refractivity contribution is 0.0927. The molecule has 0 aliphatic rings. The molecule has 2 aromatic rings. The predicted octanol–water partition coefficient (Wildman–Crippen LogP) is 2.37. The summed E-state index contributed by atoms with van der Waals surface area (Å²) in [7, 11) is 0. The zero-order chi connectivity index (χ0) is 14.7. The Hall–Kier alpha value is -1.79. The molecule has 1 unspecified atom stereocenters. The molecule has 2 rings (SSSR count). The molecule has 0 aliphatic heterocycles. The molecule has 6 heteroatoms. The van der Waals surface area contributed by atoms with Crippen molar-refractivity contribution in [3.05, 3.63) is 40.7 Å². The number of aliphatic hydroxyl groups is 1. The fourth-order valence-electron chi connectivity index (χ4n) is 1.64. The van der Waals surface area contributed by atoms with Crippen LogP contribution in [0.2, 0.25) is 0 Å². The van der Waals surface area contributed by atoms with Gasteiger partial charge in [0.1, 0.15) is 15.7 Å². The summed E-state index contributed by atoms with van der Waals surface area (Å²) in [6, 6.07) is 5.98. The van der Waals surface area contributed by atoms with E-state index in [0.717, 1.165) is 5.56 Å².